The van der Waals surface area contributed by atoms with Crippen molar-refractivity contribution < 1.29 is 14.7 Å². The number of pyridine rings is 1. The normalized spacial score (nSPS) is 16.7. The number of nitrogens with zero attached hydrogens (tertiary/aromatic N) is 4. The Labute approximate surface area is 240 Å². The van der Waals surface area contributed by atoms with Gasteiger partial charge in [-0.2, -0.15) is 0 Å². The number of aliphatic hydroxyl groups excluding tert-OH is 1. The van der Waals surface area contributed by atoms with E-state index in [0.29, 0.717) is 26.4 Å². The van der Waals surface area contributed by atoms with Crippen LogP contribution in [0.3, 0.4) is 0 Å². The number of carbonyl (C=O) groups excluding carboxylic acids is 2. The topological polar surface area (TPSA) is 96.3 Å². The third-order valence-electron chi connectivity index (χ3n) is 6.42. The second kappa shape index (κ2) is 10.7. The molecule has 1 atom stereocenters. The average Bonchev–Trinajstić information content (AvgIpc) is 3.54. The number of hydrogen-bond acceptors (Lipinski definition) is 8. The summed E-state index contributed by atoms with van der Waals surface area (Å²) in [6.07, 6.45) is 3.04. The van der Waals surface area contributed by atoms with Crippen LogP contribution in [0.2, 0.25) is 0 Å². The van der Waals surface area contributed by atoms with Crippen LogP contribution in [0.1, 0.15) is 22.7 Å². The van der Waals surface area contributed by atoms with E-state index in [1.807, 2.05) is 42.5 Å². The van der Waals surface area contributed by atoms with Crippen LogP contribution in [-0.4, -0.2) is 32.0 Å². The van der Waals surface area contributed by atoms with Crippen molar-refractivity contribution in [2.45, 2.75) is 16.1 Å². The van der Waals surface area contributed by atoms with Gasteiger partial charge in [0.25, 0.3) is 5.78 Å². The highest BCUT2D eigenvalue weighted by atomic mass is 79.9. The van der Waals surface area contributed by atoms with E-state index in [9.17, 15) is 14.7 Å². The highest BCUT2D eigenvalue weighted by Gasteiger charge is 2.48. The Morgan fingerprint density at radius 3 is 2.49 bits per heavy atom. The van der Waals surface area contributed by atoms with E-state index in [-0.39, 0.29) is 11.3 Å². The molecule has 1 unspecified atom stereocenters. The summed E-state index contributed by atoms with van der Waals surface area (Å²) in [7, 11) is 0. The zero-order valence-electron chi connectivity index (χ0n) is 20.2. The van der Waals surface area contributed by atoms with Gasteiger partial charge in [0.2, 0.25) is 5.13 Å². The molecule has 1 aliphatic rings. The Hall–Kier alpha value is -3.86. The molecule has 2 aromatic heterocycles. The lowest BCUT2D eigenvalue weighted by Crippen LogP contribution is -2.29. The van der Waals surface area contributed by atoms with Gasteiger partial charge in [-0.05, 0) is 46.2 Å². The van der Waals surface area contributed by atoms with E-state index in [1.165, 1.54) is 56.7 Å². The second-order valence-electron chi connectivity index (χ2n) is 8.73. The van der Waals surface area contributed by atoms with Crippen molar-refractivity contribution in [3.63, 3.8) is 0 Å². The quantitative estimate of drug-likeness (QED) is 0.0741. The number of anilines is 1. The molecule has 1 amide bonds. The Morgan fingerprint density at radius 1 is 0.949 bits per heavy atom. The molecule has 0 spiro atoms. The number of Topliss-reactive ketones (excluding diaryl/α,β-unsaturated/α-hetero) is 1. The highest BCUT2D eigenvalue weighted by molar-refractivity contribution is 9.10. The monoisotopic (exact) mass is 614 g/mol. The zero-order chi connectivity index (χ0) is 26.9. The summed E-state index contributed by atoms with van der Waals surface area (Å²) < 4.78 is 1.52. The molecule has 1 N–H and O–H groups in total. The first kappa shape index (κ1) is 25.4. The minimum absolute atomic E-state index is 0.00585. The number of rotatable bonds is 6. The van der Waals surface area contributed by atoms with Gasteiger partial charge in [0.15, 0.2) is 4.34 Å². The van der Waals surface area contributed by atoms with Gasteiger partial charge < -0.3 is 5.11 Å². The number of halogens is 1. The third kappa shape index (κ3) is 4.87. The standard InChI is InChI=1S/C29H19BrN4O3S2/c30-21-10-8-18(9-11-21)24-23(25(35)19-12-14-31-15-13-19)26(36)27(37)34(24)28-32-33-29(39-28)38-16-20-6-3-5-17-4-1-2-7-22(17)20/h1-15,24,35H,16H2. The first-order valence-corrected chi connectivity index (χ1v) is 14.5. The van der Waals surface area contributed by atoms with E-state index in [1.54, 1.807) is 12.1 Å². The van der Waals surface area contributed by atoms with Gasteiger partial charge in [0.1, 0.15) is 5.76 Å². The zero-order valence-corrected chi connectivity index (χ0v) is 23.4. The number of carbonyl (C=O) groups is 2. The van der Waals surface area contributed by atoms with Crippen molar-refractivity contribution in [2.75, 3.05) is 4.90 Å². The Morgan fingerprint density at radius 2 is 1.69 bits per heavy atom. The van der Waals surface area contributed by atoms with Crippen LogP contribution in [0, 0.1) is 0 Å². The Kier molecular flexibility index (Phi) is 6.99. The van der Waals surface area contributed by atoms with Crippen LogP contribution in [0.4, 0.5) is 5.13 Å². The van der Waals surface area contributed by atoms with E-state index in [0.717, 1.165) is 4.47 Å². The molecule has 1 saturated heterocycles. The average molecular weight is 616 g/mol. The van der Waals surface area contributed by atoms with E-state index >= 15 is 0 Å². The lowest BCUT2D eigenvalue weighted by atomic mass is 9.96. The number of aromatic nitrogens is 3. The number of aliphatic hydroxyl groups is 1. The summed E-state index contributed by atoms with van der Waals surface area (Å²) in [6.45, 7) is 0. The fraction of sp³-hybridized carbons (Fsp3) is 0.0690. The van der Waals surface area contributed by atoms with Gasteiger partial charge in [0, 0.05) is 28.2 Å². The minimum atomic E-state index is -0.866. The number of hydrogen-bond donors (Lipinski definition) is 1. The predicted octanol–water partition coefficient (Wildman–Crippen LogP) is 6.77. The van der Waals surface area contributed by atoms with Crippen LogP contribution in [-0.2, 0) is 15.3 Å². The molecule has 0 aliphatic carbocycles. The van der Waals surface area contributed by atoms with E-state index in [4.69, 9.17) is 0 Å². The van der Waals surface area contributed by atoms with Crippen LogP contribution >= 0.6 is 39.0 Å². The van der Waals surface area contributed by atoms with Crippen LogP contribution in [0.5, 0.6) is 0 Å². The molecular weight excluding hydrogens is 596 g/mol. The number of benzene rings is 3. The molecular formula is C29H19BrN4O3S2. The van der Waals surface area contributed by atoms with Gasteiger partial charge in [-0.15, -0.1) is 10.2 Å². The van der Waals surface area contributed by atoms with Gasteiger partial charge in [0.05, 0.1) is 11.6 Å². The Balaban J connectivity index is 1.36. The van der Waals surface area contributed by atoms with Crippen LogP contribution < -0.4 is 4.90 Å². The fourth-order valence-corrected chi connectivity index (χ4v) is 6.71. The molecule has 0 radical (unpaired) electrons. The van der Waals surface area contributed by atoms with Crippen molar-refractivity contribution in [3.8, 4) is 0 Å². The summed E-state index contributed by atoms with van der Waals surface area (Å²) in [4.78, 5) is 32.0. The molecule has 10 heteroatoms. The van der Waals surface area contributed by atoms with Gasteiger partial charge in [-0.1, -0.05) is 93.6 Å². The summed E-state index contributed by atoms with van der Waals surface area (Å²) in [5, 5.41) is 22.4. The van der Waals surface area contributed by atoms with Gasteiger partial charge in [-0.25, -0.2) is 0 Å². The lowest BCUT2D eigenvalue weighted by molar-refractivity contribution is -0.132. The molecule has 192 valence electrons. The summed E-state index contributed by atoms with van der Waals surface area (Å²) in [6, 6.07) is 24.0. The molecule has 1 fully saturated rings. The Bertz CT molecular complexity index is 1730. The molecule has 39 heavy (non-hydrogen) atoms. The molecule has 7 nitrogen and oxygen atoms in total. The van der Waals surface area contributed by atoms with E-state index in [2.05, 4.69) is 55.4 Å². The molecule has 5 aromatic rings. The van der Waals surface area contributed by atoms with Crippen LogP contribution in [0.15, 0.2) is 106 Å². The van der Waals surface area contributed by atoms with Crippen molar-refractivity contribution in [1.29, 1.82) is 0 Å². The van der Waals surface area contributed by atoms with Gasteiger partial charge in [-0.3, -0.25) is 19.5 Å². The molecule has 6 rings (SSSR count). The summed E-state index contributed by atoms with van der Waals surface area (Å²) in [5.74, 6) is -1.13. The molecule has 3 heterocycles. The molecule has 1 aliphatic heterocycles. The van der Waals surface area contributed by atoms with Crippen molar-refractivity contribution >= 4 is 72.4 Å². The summed E-state index contributed by atoms with van der Waals surface area (Å²) in [5.41, 5.74) is 2.22. The summed E-state index contributed by atoms with van der Waals surface area (Å²) >= 11 is 6.20. The first-order chi connectivity index (χ1) is 19.0. The highest BCUT2D eigenvalue weighted by Crippen LogP contribution is 2.44. The lowest BCUT2D eigenvalue weighted by Gasteiger charge is -2.22. The maximum Gasteiger partial charge on any atom is 0.301 e. The number of ketones is 1. The smallest absolute Gasteiger partial charge is 0.301 e. The molecule has 3 aromatic carbocycles. The fourth-order valence-electron chi connectivity index (χ4n) is 4.57. The first-order valence-electron chi connectivity index (χ1n) is 11.9. The number of amides is 1. The van der Waals surface area contributed by atoms with Crippen molar-refractivity contribution in [2.24, 2.45) is 0 Å². The maximum atomic E-state index is 13.4. The van der Waals surface area contributed by atoms with Crippen LogP contribution in [0.25, 0.3) is 16.5 Å². The van der Waals surface area contributed by atoms with Crippen molar-refractivity contribution in [1.82, 2.24) is 15.2 Å². The minimum Gasteiger partial charge on any atom is -0.507 e. The van der Waals surface area contributed by atoms with Crippen molar-refractivity contribution in [3.05, 3.63) is 118 Å². The largest absolute Gasteiger partial charge is 0.507 e. The van der Waals surface area contributed by atoms with Gasteiger partial charge >= 0.3 is 5.91 Å². The second-order valence-corrected chi connectivity index (χ2v) is 11.8. The number of thioether (sulfide) groups is 1. The molecule has 0 saturated carbocycles. The van der Waals surface area contributed by atoms with E-state index < -0.39 is 17.7 Å². The molecule has 0 bridgehead atoms. The number of fused-ring (bicyclic) bond motifs is 1. The predicted molar refractivity (Wildman–Crippen MR) is 157 cm³/mol. The maximum absolute atomic E-state index is 13.4. The SMILES string of the molecule is O=C1C(=O)N(c2nnc(SCc3cccc4ccccc34)s2)C(c2ccc(Br)cc2)C1=C(O)c1ccncc1. The third-order valence-corrected chi connectivity index (χ3v) is 9.05.